The van der Waals surface area contributed by atoms with Gasteiger partial charge in [-0.25, -0.2) is 9.78 Å². The first kappa shape index (κ1) is 31.7. The number of thiophene rings is 1. The normalized spacial score (nSPS) is 15.3. The summed E-state index contributed by atoms with van der Waals surface area (Å²) >= 11 is 2.83. The van der Waals surface area contributed by atoms with Crippen molar-refractivity contribution in [1.82, 2.24) is 9.97 Å². The number of rotatable bonds is 9. The number of nitrogens with one attached hydrogen (secondary N) is 2. The van der Waals surface area contributed by atoms with Crippen molar-refractivity contribution in [2.75, 3.05) is 26.6 Å². The fourth-order valence-electron chi connectivity index (χ4n) is 5.50. The minimum Gasteiger partial charge on any atom is -0.497 e. The van der Waals surface area contributed by atoms with Crippen LogP contribution in [0, 0.1) is 11.3 Å². The molecule has 0 bridgehead atoms. The average molecular weight is 634 g/mol. The van der Waals surface area contributed by atoms with Crippen molar-refractivity contribution in [1.29, 1.82) is 0 Å². The predicted octanol–water partition coefficient (Wildman–Crippen LogP) is 7.88. The van der Waals surface area contributed by atoms with Crippen LogP contribution in [0.4, 0.5) is 5.00 Å². The molecule has 1 aliphatic rings. The molecular formula is C34H39N3O5S2. The van der Waals surface area contributed by atoms with Gasteiger partial charge in [-0.05, 0) is 91.6 Å². The quantitative estimate of drug-likeness (QED) is 0.143. The lowest BCUT2D eigenvalue weighted by Crippen LogP contribution is -2.26. The number of fused-ring (bicyclic) bond motifs is 1. The van der Waals surface area contributed by atoms with Gasteiger partial charge in [0.05, 0.1) is 43.5 Å². The molecule has 0 saturated heterocycles. The van der Waals surface area contributed by atoms with Gasteiger partial charge in [0.25, 0.3) is 0 Å². The van der Waals surface area contributed by atoms with Crippen LogP contribution in [-0.4, -0.2) is 48.4 Å². The van der Waals surface area contributed by atoms with E-state index in [1.54, 1.807) is 14.2 Å². The van der Waals surface area contributed by atoms with E-state index in [0.717, 1.165) is 63.7 Å². The number of carbonyl (C=O) groups excluding carboxylic acids is 2. The van der Waals surface area contributed by atoms with Gasteiger partial charge in [0.2, 0.25) is 5.91 Å². The molecule has 44 heavy (non-hydrogen) atoms. The van der Waals surface area contributed by atoms with Crippen LogP contribution in [-0.2, 0) is 22.4 Å². The van der Waals surface area contributed by atoms with Gasteiger partial charge in [-0.15, -0.1) is 11.3 Å². The Balaban J connectivity index is 1.40. The number of nitrogens with zero attached hydrogens (tertiary/aromatic N) is 1. The molecule has 1 aliphatic carbocycles. The summed E-state index contributed by atoms with van der Waals surface area (Å²) < 4.78 is 15.8. The van der Waals surface area contributed by atoms with Crippen molar-refractivity contribution in [3.05, 3.63) is 64.5 Å². The number of aromatic amines is 1. The highest BCUT2D eigenvalue weighted by Crippen LogP contribution is 2.45. The number of benzene rings is 2. The van der Waals surface area contributed by atoms with Gasteiger partial charge in [-0.2, -0.15) is 0 Å². The summed E-state index contributed by atoms with van der Waals surface area (Å²) in [4.78, 5) is 35.9. The smallest absolute Gasteiger partial charge is 0.341 e. The first-order chi connectivity index (χ1) is 21.0. The lowest BCUT2D eigenvalue weighted by Gasteiger charge is -2.33. The lowest BCUT2D eigenvalue weighted by molar-refractivity contribution is -0.115. The van der Waals surface area contributed by atoms with E-state index in [1.807, 2.05) is 55.5 Å². The molecule has 2 aromatic carbocycles. The fraction of sp³-hybridized carbons (Fsp3) is 0.382. The Hall–Kier alpha value is -3.76. The molecule has 2 aromatic heterocycles. The van der Waals surface area contributed by atoms with E-state index in [9.17, 15) is 9.59 Å². The molecule has 4 aromatic rings. The fourth-order valence-corrected chi connectivity index (χ4v) is 7.62. The van der Waals surface area contributed by atoms with E-state index >= 15 is 0 Å². The lowest BCUT2D eigenvalue weighted by atomic mass is 9.72. The van der Waals surface area contributed by atoms with E-state index < -0.39 is 11.2 Å². The molecule has 2 N–H and O–H groups in total. The Morgan fingerprint density at radius 2 is 1.61 bits per heavy atom. The van der Waals surface area contributed by atoms with Crippen LogP contribution in [0.3, 0.4) is 0 Å². The van der Waals surface area contributed by atoms with Crippen LogP contribution >= 0.6 is 23.1 Å². The van der Waals surface area contributed by atoms with E-state index in [4.69, 9.17) is 19.2 Å². The first-order valence-corrected chi connectivity index (χ1v) is 16.3. The molecule has 0 saturated carbocycles. The summed E-state index contributed by atoms with van der Waals surface area (Å²) in [6.45, 7) is 8.61. The largest absolute Gasteiger partial charge is 0.497 e. The second-order valence-electron chi connectivity index (χ2n) is 12.0. The van der Waals surface area contributed by atoms with Crippen LogP contribution in [0.5, 0.6) is 11.5 Å². The number of anilines is 1. The maximum atomic E-state index is 13.5. The molecule has 0 spiro atoms. The van der Waals surface area contributed by atoms with Crippen LogP contribution in [0.25, 0.3) is 22.5 Å². The predicted molar refractivity (Wildman–Crippen MR) is 177 cm³/mol. The minimum atomic E-state index is -0.500. The Morgan fingerprint density at radius 1 is 1.00 bits per heavy atom. The standard InChI is InChI=1S/C34H39N3O5S2/c1-19(30(38)37-31-27(32(39)42-7)25-17-12-22(34(2,3)4)18-26(25)44-31)43-33-35-28(20-8-13-23(40-5)14-9-20)29(36-33)21-10-15-24(41-6)16-11-21/h8-11,13-16,19,22H,12,17-18H2,1-7H3,(H,35,36)(H,37,38). The zero-order valence-corrected chi connectivity index (χ0v) is 27.8. The summed E-state index contributed by atoms with van der Waals surface area (Å²) in [5, 5.41) is 3.72. The summed E-state index contributed by atoms with van der Waals surface area (Å²) in [7, 11) is 4.65. The van der Waals surface area contributed by atoms with Crippen molar-refractivity contribution in [2.45, 2.75) is 57.4 Å². The number of hydrogen-bond acceptors (Lipinski definition) is 8. The Morgan fingerprint density at radius 3 is 2.18 bits per heavy atom. The molecule has 5 rings (SSSR count). The molecule has 1 amide bonds. The second kappa shape index (κ2) is 13.1. The van der Waals surface area contributed by atoms with Crippen LogP contribution in [0.1, 0.15) is 54.9 Å². The molecule has 0 aliphatic heterocycles. The molecule has 0 radical (unpaired) electrons. The van der Waals surface area contributed by atoms with Gasteiger partial charge >= 0.3 is 5.97 Å². The maximum absolute atomic E-state index is 13.5. The van der Waals surface area contributed by atoms with E-state index in [0.29, 0.717) is 21.6 Å². The summed E-state index contributed by atoms with van der Waals surface area (Å²) in [5.41, 5.74) is 5.12. The Bertz CT molecular complexity index is 1570. The van der Waals surface area contributed by atoms with Crippen LogP contribution in [0.15, 0.2) is 53.7 Å². The summed E-state index contributed by atoms with van der Waals surface area (Å²) in [5.74, 6) is 1.41. The van der Waals surface area contributed by atoms with Crippen molar-refractivity contribution in [3.63, 3.8) is 0 Å². The zero-order chi connectivity index (χ0) is 31.6. The number of amides is 1. The van der Waals surface area contributed by atoms with Gasteiger partial charge < -0.3 is 24.5 Å². The highest BCUT2D eigenvalue weighted by Gasteiger charge is 2.35. The van der Waals surface area contributed by atoms with Gasteiger partial charge in [0, 0.05) is 16.0 Å². The highest BCUT2D eigenvalue weighted by atomic mass is 32.2. The maximum Gasteiger partial charge on any atom is 0.341 e. The monoisotopic (exact) mass is 633 g/mol. The molecule has 10 heteroatoms. The van der Waals surface area contributed by atoms with Gasteiger partial charge in [-0.3, -0.25) is 4.79 Å². The number of H-pyrrole nitrogens is 1. The number of esters is 1. The van der Waals surface area contributed by atoms with Crippen LogP contribution in [0.2, 0.25) is 0 Å². The Labute approximate surface area is 266 Å². The summed E-state index contributed by atoms with van der Waals surface area (Å²) in [6, 6.07) is 15.5. The van der Waals surface area contributed by atoms with E-state index in [1.165, 1.54) is 30.2 Å². The SMILES string of the molecule is COC(=O)c1c(NC(=O)C(C)Sc2nc(-c3ccc(OC)cc3)c(-c3ccc(OC)cc3)[nH]2)sc2c1CCC(C(C)(C)C)C2. The van der Waals surface area contributed by atoms with E-state index in [2.05, 4.69) is 31.1 Å². The van der Waals surface area contributed by atoms with Crippen molar-refractivity contribution < 1.29 is 23.8 Å². The molecule has 2 unspecified atom stereocenters. The molecule has 8 nitrogen and oxygen atoms in total. The molecule has 2 heterocycles. The molecule has 2 atom stereocenters. The number of hydrogen-bond donors (Lipinski definition) is 2. The number of imidazole rings is 1. The number of methoxy groups -OCH3 is 3. The third kappa shape index (κ3) is 6.66. The molecule has 0 fully saturated rings. The van der Waals surface area contributed by atoms with Crippen molar-refractivity contribution >= 4 is 40.0 Å². The second-order valence-corrected chi connectivity index (χ2v) is 14.4. The average Bonchev–Trinajstić information content (AvgIpc) is 3.61. The zero-order valence-electron chi connectivity index (χ0n) is 26.2. The van der Waals surface area contributed by atoms with Gasteiger partial charge in [0.1, 0.15) is 16.5 Å². The summed E-state index contributed by atoms with van der Waals surface area (Å²) in [6.07, 6.45) is 2.69. The molecular weight excluding hydrogens is 595 g/mol. The number of aromatic nitrogens is 2. The van der Waals surface area contributed by atoms with E-state index in [-0.39, 0.29) is 11.3 Å². The molecule has 232 valence electrons. The third-order valence-corrected chi connectivity index (χ3v) is 10.4. The van der Waals surface area contributed by atoms with Crippen LogP contribution < -0.4 is 14.8 Å². The van der Waals surface area contributed by atoms with Gasteiger partial charge in [0.15, 0.2) is 5.16 Å². The third-order valence-electron chi connectivity index (χ3n) is 8.20. The Kier molecular flexibility index (Phi) is 9.41. The topological polar surface area (TPSA) is 103 Å². The number of thioether (sulfide) groups is 1. The van der Waals surface area contributed by atoms with Crippen molar-refractivity contribution in [3.8, 4) is 34.0 Å². The first-order valence-electron chi connectivity index (χ1n) is 14.6. The van der Waals surface area contributed by atoms with Gasteiger partial charge in [-0.1, -0.05) is 32.5 Å². The minimum absolute atomic E-state index is 0.167. The van der Waals surface area contributed by atoms with Crippen molar-refractivity contribution in [2.24, 2.45) is 11.3 Å². The number of carbonyl (C=O) groups is 2. The number of ether oxygens (including phenoxy) is 3. The highest BCUT2D eigenvalue weighted by molar-refractivity contribution is 8.00.